The molecule has 2 nitrogen and oxygen atoms in total. The smallest absolute Gasteiger partial charge is 0.355 e. The van der Waals surface area contributed by atoms with E-state index in [0.29, 0.717) is 6.42 Å². The van der Waals surface area contributed by atoms with Crippen molar-refractivity contribution >= 4 is 0 Å². The molecule has 0 aromatic carbocycles. The summed E-state index contributed by atoms with van der Waals surface area (Å²) in [5.41, 5.74) is 0. The molecule has 0 amide bonds. The normalized spacial score (nSPS) is 12.5. The molecule has 0 N–H and O–H groups in total. The fourth-order valence-corrected chi connectivity index (χ4v) is 0.386. The summed E-state index contributed by atoms with van der Waals surface area (Å²) in [7, 11) is 0. The van der Waals surface area contributed by atoms with E-state index in [1.54, 1.807) is 6.92 Å². The van der Waals surface area contributed by atoms with Crippen LogP contribution < -0.4 is 0 Å². The molecule has 0 aliphatic rings. The molecular weight excluding hydrogens is 180 g/mol. The lowest BCUT2D eigenvalue weighted by Crippen LogP contribution is -2.31. The minimum atomic E-state index is -4.41. The van der Waals surface area contributed by atoms with Crippen molar-refractivity contribution in [1.82, 2.24) is 0 Å². The fourth-order valence-electron chi connectivity index (χ4n) is 0.386. The predicted molar refractivity (Wildman–Crippen MR) is 33.1 cm³/mol. The maximum atomic E-state index is 11.9. The summed E-state index contributed by atoms with van der Waals surface area (Å²) in [4.78, 5) is 0. The van der Waals surface area contributed by atoms with Gasteiger partial charge in [0.1, 0.15) is 0 Å². The first-order valence-electron chi connectivity index (χ1n) is 3.38. The van der Waals surface area contributed by atoms with Crippen molar-refractivity contribution in [2.45, 2.75) is 25.9 Å². The summed E-state index contributed by atoms with van der Waals surface area (Å²) in [6, 6.07) is 0. The van der Waals surface area contributed by atoms with Gasteiger partial charge in [0.05, 0.1) is 0 Å². The van der Waals surface area contributed by atoms with Gasteiger partial charge in [-0.25, -0.2) is 8.78 Å². The lowest BCUT2D eigenvalue weighted by molar-refractivity contribution is -0.326. The molecule has 12 heavy (non-hydrogen) atoms. The molecule has 0 aromatic heterocycles. The van der Waals surface area contributed by atoms with Crippen molar-refractivity contribution in [1.29, 1.82) is 0 Å². The van der Waals surface area contributed by atoms with Crippen LogP contribution in [0.2, 0.25) is 0 Å². The Morgan fingerprint density at radius 2 is 1.92 bits per heavy atom. The molecule has 0 heterocycles. The van der Waals surface area contributed by atoms with E-state index in [9.17, 15) is 17.6 Å². The number of halogens is 4. The van der Waals surface area contributed by atoms with E-state index in [1.807, 2.05) is 0 Å². The van der Waals surface area contributed by atoms with E-state index in [1.165, 1.54) is 0 Å². The maximum absolute atomic E-state index is 11.9. The zero-order chi connectivity index (χ0) is 9.61. The van der Waals surface area contributed by atoms with E-state index >= 15 is 0 Å². The van der Waals surface area contributed by atoms with Crippen molar-refractivity contribution in [3.05, 3.63) is 0 Å². The van der Waals surface area contributed by atoms with Crippen LogP contribution in [0.3, 0.4) is 0 Å². The van der Waals surface area contributed by atoms with Gasteiger partial charge in [-0.05, 0) is 6.42 Å². The first kappa shape index (κ1) is 11.6. The summed E-state index contributed by atoms with van der Waals surface area (Å²) in [6.45, 7) is 1.15. The minimum absolute atomic E-state index is 0.208. The highest BCUT2D eigenvalue weighted by Gasteiger charge is 2.42. The van der Waals surface area contributed by atoms with E-state index in [4.69, 9.17) is 0 Å². The van der Waals surface area contributed by atoms with E-state index < -0.39 is 19.3 Å². The summed E-state index contributed by atoms with van der Waals surface area (Å²) in [5.74, 6) is 0. The van der Waals surface area contributed by atoms with Crippen LogP contribution in [0.1, 0.15) is 13.3 Å². The van der Waals surface area contributed by atoms with Crippen LogP contribution >= 0.6 is 0 Å². The van der Waals surface area contributed by atoms with Crippen molar-refractivity contribution in [2.24, 2.45) is 0 Å². The topological polar surface area (TPSA) is 18.5 Å². The van der Waals surface area contributed by atoms with Crippen molar-refractivity contribution in [3.8, 4) is 0 Å². The van der Waals surface area contributed by atoms with E-state index in [-0.39, 0.29) is 6.61 Å². The summed E-state index contributed by atoms with van der Waals surface area (Å²) < 4.78 is 54.5. The standard InChI is InChI=1S/C6H10F4O2/c1-2-3-11-4-12-6(9,10)5(7)8/h5H,2-4H2,1H3. The number of hydrogen-bond acceptors (Lipinski definition) is 2. The Morgan fingerprint density at radius 1 is 1.33 bits per heavy atom. The van der Waals surface area contributed by atoms with Crippen LogP contribution in [0.4, 0.5) is 17.6 Å². The second kappa shape index (κ2) is 5.31. The van der Waals surface area contributed by atoms with Crippen molar-refractivity contribution in [3.63, 3.8) is 0 Å². The van der Waals surface area contributed by atoms with Gasteiger partial charge in [-0.3, -0.25) is 4.74 Å². The van der Waals surface area contributed by atoms with Crippen LogP contribution in [0.15, 0.2) is 0 Å². The monoisotopic (exact) mass is 190 g/mol. The molecule has 0 aliphatic heterocycles. The Balaban J connectivity index is 3.47. The molecular formula is C6H10F4O2. The third-order valence-electron chi connectivity index (χ3n) is 0.937. The van der Waals surface area contributed by atoms with Crippen molar-refractivity contribution < 1.29 is 27.0 Å². The fraction of sp³-hybridized carbons (Fsp3) is 1.00. The van der Waals surface area contributed by atoms with Gasteiger partial charge in [-0.15, -0.1) is 0 Å². The molecule has 0 atom stereocenters. The average Bonchev–Trinajstić information content (AvgIpc) is 1.98. The quantitative estimate of drug-likeness (QED) is 0.363. The first-order chi connectivity index (χ1) is 5.50. The largest absolute Gasteiger partial charge is 0.418 e. The molecule has 0 saturated carbocycles. The Labute approximate surface area is 67.5 Å². The highest BCUT2D eigenvalue weighted by molar-refractivity contribution is 4.52. The molecule has 0 bridgehead atoms. The van der Waals surface area contributed by atoms with Crippen LogP contribution in [-0.2, 0) is 9.47 Å². The van der Waals surface area contributed by atoms with Gasteiger partial charge in [-0.1, -0.05) is 6.92 Å². The Kier molecular flexibility index (Phi) is 5.16. The molecule has 0 rings (SSSR count). The third kappa shape index (κ3) is 4.50. The molecule has 0 aromatic rings. The van der Waals surface area contributed by atoms with Gasteiger partial charge in [0, 0.05) is 6.61 Å². The molecule has 0 saturated heterocycles. The second-order valence-corrected chi connectivity index (χ2v) is 2.03. The zero-order valence-corrected chi connectivity index (χ0v) is 6.53. The second-order valence-electron chi connectivity index (χ2n) is 2.03. The molecule has 0 radical (unpaired) electrons. The minimum Gasteiger partial charge on any atom is -0.355 e. The predicted octanol–water partition coefficient (Wildman–Crippen LogP) is 2.25. The first-order valence-corrected chi connectivity index (χ1v) is 3.38. The number of rotatable bonds is 6. The van der Waals surface area contributed by atoms with Crippen LogP contribution in [0.25, 0.3) is 0 Å². The summed E-state index contributed by atoms with van der Waals surface area (Å²) in [5, 5.41) is 0. The van der Waals surface area contributed by atoms with Gasteiger partial charge in [0.2, 0.25) is 0 Å². The lowest BCUT2D eigenvalue weighted by Gasteiger charge is -2.15. The summed E-state index contributed by atoms with van der Waals surface area (Å²) in [6.07, 6.45) is -7.61. The SMILES string of the molecule is CCCOCOC(F)(F)C(F)F. The van der Waals surface area contributed by atoms with Crippen LogP contribution in [-0.4, -0.2) is 25.9 Å². The average molecular weight is 190 g/mol. The Morgan fingerprint density at radius 3 is 2.33 bits per heavy atom. The molecule has 0 aliphatic carbocycles. The van der Waals surface area contributed by atoms with Gasteiger partial charge in [0.15, 0.2) is 6.79 Å². The molecule has 0 spiro atoms. The zero-order valence-electron chi connectivity index (χ0n) is 6.53. The van der Waals surface area contributed by atoms with Gasteiger partial charge >= 0.3 is 12.5 Å². The molecule has 6 heteroatoms. The highest BCUT2D eigenvalue weighted by atomic mass is 19.3. The van der Waals surface area contributed by atoms with E-state index in [2.05, 4.69) is 9.47 Å². The van der Waals surface area contributed by atoms with Crippen LogP contribution in [0.5, 0.6) is 0 Å². The van der Waals surface area contributed by atoms with Gasteiger partial charge in [0.25, 0.3) is 0 Å². The van der Waals surface area contributed by atoms with E-state index in [0.717, 1.165) is 0 Å². The Hall–Kier alpha value is -0.360. The highest BCUT2D eigenvalue weighted by Crippen LogP contribution is 2.23. The summed E-state index contributed by atoms with van der Waals surface area (Å²) >= 11 is 0. The maximum Gasteiger partial charge on any atom is 0.418 e. The molecule has 74 valence electrons. The molecule has 0 unspecified atom stereocenters. The number of hydrogen-bond donors (Lipinski definition) is 0. The molecule has 0 fully saturated rings. The lowest BCUT2D eigenvalue weighted by atomic mass is 10.5. The number of ether oxygens (including phenoxy) is 2. The van der Waals surface area contributed by atoms with Gasteiger partial charge in [-0.2, -0.15) is 8.78 Å². The van der Waals surface area contributed by atoms with Crippen molar-refractivity contribution in [2.75, 3.05) is 13.4 Å². The van der Waals surface area contributed by atoms with Gasteiger partial charge < -0.3 is 4.74 Å². The Bertz CT molecular complexity index is 118. The number of alkyl halides is 4. The third-order valence-corrected chi connectivity index (χ3v) is 0.937. The van der Waals surface area contributed by atoms with Crippen LogP contribution in [0, 0.1) is 0 Å².